The van der Waals surface area contributed by atoms with E-state index in [4.69, 9.17) is 9.47 Å². The summed E-state index contributed by atoms with van der Waals surface area (Å²) in [6.07, 6.45) is 3.94. The van der Waals surface area contributed by atoms with Gasteiger partial charge in [-0.15, -0.1) is 0 Å². The molecule has 1 aliphatic rings. The van der Waals surface area contributed by atoms with E-state index in [-0.39, 0.29) is 5.97 Å². The van der Waals surface area contributed by atoms with E-state index in [0.29, 0.717) is 19.1 Å². The smallest absolute Gasteiger partial charge is 0.307 e. The molecule has 1 heterocycles. The fourth-order valence-electron chi connectivity index (χ4n) is 2.78. The fourth-order valence-corrected chi connectivity index (χ4v) is 2.78. The van der Waals surface area contributed by atoms with Crippen LogP contribution in [0.4, 0.5) is 0 Å². The highest BCUT2D eigenvalue weighted by Crippen LogP contribution is 2.20. The highest BCUT2D eigenvalue weighted by Gasteiger charge is 2.24. The Labute approximate surface area is 127 Å². The Kier molecular flexibility index (Phi) is 6.05. The maximum atomic E-state index is 11.5. The van der Waals surface area contributed by atoms with E-state index in [0.717, 1.165) is 25.3 Å². The molecule has 1 unspecified atom stereocenters. The zero-order valence-electron chi connectivity index (χ0n) is 13.0. The summed E-state index contributed by atoms with van der Waals surface area (Å²) in [6, 6.07) is 8.40. The van der Waals surface area contributed by atoms with Crippen LogP contribution in [0.3, 0.4) is 0 Å². The monoisotopic (exact) mass is 291 g/mol. The van der Waals surface area contributed by atoms with Gasteiger partial charge < -0.3 is 9.47 Å². The number of nitrogens with zero attached hydrogens (tertiary/aromatic N) is 1. The van der Waals surface area contributed by atoms with Crippen LogP contribution in [0.5, 0.6) is 5.75 Å². The average Bonchev–Trinajstić information content (AvgIpc) is 2.51. The van der Waals surface area contributed by atoms with E-state index in [9.17, 15) is 4.79 Å². The van der Waals surface area contributed by atoms with Gasteiger partial charge in [0, 0.05) is 12.6 Å². The van der Waals surface area contributed by atoms with Crippen molar-refractivity contribution in [1.29, 1.82) is 0 Å². The Balaban J connectivity index is 1.79. The minimum absolute atomic E-state index is 0.119. The third-order valence-electron chi connectivity index (χ3n) is 4.05. The first-order valence-corrected chi connectivity index (χ1v) is 7.69. The quantitative estimate of drug-likeness (QED) is 0.756. The zero-order chi connectivity index (χ0) is 15.1. The number of carbonyl (C=O) groups excluding carboxylic acids is 1. The maximum absolute atomic E-state index is 11.5. The van der Waals surface area contributed by atoms with Crippen molar-refractivity contribution in [1.82, 2.24) is 4.90 Å². The van der Waals surface area contributed by atoms with Gasteiger partial charge in [-0.3, -0.25) is 9.69 Å². The van der Waals surface area contributed by atoms with Crippen molar-refractivity contribution in [2.75, 3.05) is 26.8 Å². The van der Waals surface area contributed by atoms with Gasteiger partial charge in [0.2, 0.25) is 0 Å². The number of benzene rings is 1. The van der Waals surface area contributed by atoms with Crippen LogP contribution in [0.15, 0.2) is 24.3 Å². The molecule has 0 spiro atoms. The molecule has 0 saturated carbocycles. The lowest BCUT2D eigenvalue weighted by Crippen LogP contribution is -2.43. The number of ether oxygens (including phenoxy) is 2. The Morgan fingerprint density at radius 1 is 1.29 bits per heavy atom. The van der Waals surface area contributed by atoms with E-state index >= 15 is 0 Å². The van der Waals surface area contributed by atoms with Crippen LogP contribution in [0.2, 0.25) is 0 Å². The first-order chi connectivity index (χ1) is 10.2. The number of hydrogen-bond donors (Lipinski definition) is 0. The van der Waals surface area contributed by atoms with Crippen LogP contribution in [-0.4, -0.2) is 43.7 Å². The molecule has 1 atom stereocenters. The molecule has 0 radical (unpaired) electrons. The summed E-state index contributed by atoms with van der Waals surface area (Å²) in [6.45, 7) is 4.62. The predicted octanol–water partition coefficient (Wildman–Crippen LogP) is 2.79. The summed E-state index contributed by atoms with van der Waals surface area (Å²) in [5.74, 6) is 0.786. The lowest BCUT2D eigenvalue weighted by atomic mass is 9.99. The van der Waals surface area contributed by atoms with E-state index in [1.807, 2.05) is 12.1 Å². The Morgan fingerprint density at radius 3 is 2.76 bits per heavy atom. The normalized spacial score (nSPS) is 19.2. The molecule has 1 aliphatic heterocycles. The molecule has 0 aliphatic carbocycles. The topological polar surface area (TPSA) is 38.8 Å². The average molecular weight is 291 g/mol. The van der Waals surface area contributed by atoms with Crippen molar-refractivity contribution in [3.05, 3.63) is 29.8 Å². The second-order valence-corrected chi connectivity index (χ2v) is 5.63. The summed E-state index contributed by atoms with van der Waals surface area (Å²) in [7, 11) is 1.45. The maximum Gasteiger partial charge on any atom is 0.307 e. The molecule has 1 saturated heterocycles. The van der Waals surface area contributed by atoms with Gasteiger partial charge in [0.25, 0.3) is 0 Å². The van der Waals surface area contributed by atoms with Gasteiger partial charge in [0.15, 0.2) is 0 Å². The predicted molar refractivity (Wildman–Crippen MR) is 82.5 cm³/mol. The zero-order valence-corrected chi connectivity index (χ0v) is 13.0. The largest absolute Gasteiger partial charge is 0.492 e. The number of esters is 1. The highest BCUT2D eigenvalue weighted by atomic mass is 16.5. The van der Waals surface area contributed by atoms with E-state index < -0.39 is 0 Å². The molecule has 0 N–H and O–H groups in total. The number of carbonyl (C=O) groups is 1. The molecule has 4 nitrogen and oxygen atoms in total. The van der Waals surface area contributed by atoms with Gasteiger partial charge in [-0.25, -0.2) is 0 Å². The van der Waals surface area contributed by atoms with Crippen LogP contribution < -0.4 is 4.74 Å². The number of aryl methyl sites for hydroxylation is 1. The minimum atomic E-state index is -0.119. The number of methoxy groups -OCH3 is 1. The van der Waals surface area contributed by atoms with Gasteiger partial charge in [-0.05, 0) is 38.4 Å². The van der Waals surface area contributed by atoms with Crippen LogP contribution in [0, 0.1) is 6.92 Å². The number of piperidine rings is 1. The lowest BCUT2D eigenvalue weighted by Gasteiger charge is -2.34. The Hall–Kier alpha value is -1.55. The lowest BCUT2D eigenvalue weighted by molar-refractivity contribution is -0.142. The van der Waals surface area contributed by atoms with Crippen molar-refractivity contribution in [3.63, 3.8) is 0 Å². The molecular formula is C17H25NO3. The third-order valence-corrected chi connectivity index (χ3v) is 4.05. The van der Waals surface area contributed by atoms with Gasteiger partial charge in [-0.1, -0.05) is 24.1 Å². The number of hydrogen-bond acceptors (Lipinski definition) is 4. The van der Waals surface area contributed by atoms with Crippen molar-refractivity contribution < 1.29 is 14.3 Å². The van der Waals surface area contributed by atoms with Crippen molar-refractivity contribution in [3.8, 4) is 5.75 Å². The van der Waals surface area contributed by atoms with E-state index in [1.165, 1.54) is 25.5 Å². The molecular weight excluding hydrogens is 266 g/mol. The Bertz CT molecular complexity index is 444. The molecule has 0 aromatic heterocycles. The van der Waals surface area contributed by atoms with E-state index in [2.05, 4.69) is 24.0 Å². The number of likely N-dealkylation sites (tertiary alicyclic amines) is 1. The van der Waals surface area contributed by atoms with Crippen molar-refractivity contribution in [2.24, 2.45) is 0 Å². The summed E-state index contributed by atoms with van der Waals surface area (Å²) in [5.41, 5.74) is 1.23. The Morgan fingerprint density at radius 2 is 2.05 bits per heavy atom. The van der Waals surface area contributed by atoms with Gasteiger partial charge in [0.1, 0.15) is 12.4 Å². The molecule has 0 amide bonds. The SMILES string of the molecule is COC(=O)CC1CCCCN1CCOc1ccc(C)cc1. The van der Waals surface area contributed by atoms with Crippen molar-refractivity contribution >= 4 is 5.97 Å². The fraction of sp³-hybridized carbons (Fsp3) is 0.588. The van der Waals surface area contributed by atoms with Gasteiger partial charge >= 0.3 is 5.97 Å². The molecule has 1 fully saturated rings. The molecule has 4 heteroatoms. The summed E-state index contributed by atoms with van der Waals surface area (Å²) in [4.78, 5) is 13.8. The second kappa shape index (κ2) is 8.03. The first-order valence-electron chi connectivity index (χ1n) is 7.69. The molecule has 21 heavy (non-hydrogen) atoms. The molecule has 116 valence electrons. The van der Waals surface area contributed by atoms with Crippen LogP contribution in [-0.2, 0) is 9.53 Å². The summed E-state index contributed by atoms with van der Waals surface area (Å²) >= 11 is 0. The highest BCUT2D eigenvalue weighted by molar-refractivity contribution is 5.69. The van der Waals surface area contributed by atoms with Crippen LogP contribution in [0.1, 0.15) is 31.2 Å². The van der Waals surface area contributed by atoms with Gasteiger partial charge in [0.05, 0.1) is 13.5 Å². The minimum Gasteiger partial charge on any atom is -0.492 e. The van der Waals surface area contributed by atoms with E-state index in [1.54, 1.807) is 0 Å². The summed E-state index contributed by atoms with van der Waals surface area (Å²) in [5, 5.41) is 0. The first kappa shape index (κ1) is 15.8. The molecule has 0 bridgehead atoms. The van der Waals surface area contributed by atoms with Gasteiger partial charge in [-0.2, -0.15) is 0 Å². The second-order valence-electron chi connectivity index (χ2n) is 5.63. The molecule has 1 aromatic rings. The van der Waals surface area contributed by atoms with Crippen LogP contribution >= 0.6 is 0 Å². The van der Waals surface area contributed by atoms with Crippen LogP contribution in [0.25, 0.3) is 0 Å². The number of rotatable bonds is 6. The van der Waals surface area contributed by atoms with Crippen molar-refractivity contribution in [2.45, 2.75) is 38.6 Å². The molecule has 1 aromatic carbocycles. The summed E-state index contributed by atoms with van der Waals surface area (Å²) < 4.78 is 10.6. The molecule has 2 rings (SSSR count). The standard InChI is InChI=1S/C17H25NO3/c1-14-6-8-16(9-7-14)21-12-11-18-10-4-3-5-15(18)13-17(19)20-2/h6-9,15H,3-5,10-13H2,1-2H3. The third kappa shape index (κ3) is 5.05.